The van der Waals surface area contributed by atoms with Gasteiger partial charge in [-0.25, -0.2) is 8.42 Å². The van der Waals surface area contributed by atoms with Crippen molar-refractivity contribution in [1.29, 1.82) is 0 Å². The van der Waals surface area contributed by atoms with Crippen molar-refractivity contribution in [2.45, 2.75) is 30.7 Å². The molecule has 0 bridgehead atoms. The predicted octanol–water partition coefficient (Wildman–Crippen LogP) is 1.65. The number of methoxy groups -OCH3 is 1. The average molecular weight is 300 g/mol. The van der Waals surface area contributed by atoms with Crippen LogP contribution in [0.1, 0.15) is 19.8 Å². The second-order valence-corrected chi connectivity index (χ2v) is 6.83. The van der Waals surface area contributed by atoms with E-state index in [1.54, 1.807) is 31.4 Å². The van der Waals surface area contributed by atoms with Gasteiger partial charge < -0.3 is 15.8 Å². The maximum absolute atomic E-state index is 11.9. The summed E-state index contributed by atoms with van der Waals surface area (Å²) in [5.41, 5.74) is 6.42. The van der Waals surface area contributed by atoms with E-state index in [4.69, 9.17) is 10.5 Å². The summed E-state index contributed by atoms with van der Waals surface area (Å²) in [6, 6.07) is 6.96. The van der Waals surface area contributed by atoms with Gasteiger partial charge in [0, 0.05) is 12.8 Å². The fourth-order valence-corrected chi connectivity index (χ4v) is 3.30. The Hall–Kier alpha value is -1.11. The molecule has 1 rings (SSSR count). The molecule has 1 aromatic rings. The van der Waals surface area contributed by atoms with E-state index in [9.17, 15) is 8.42 Å². The molecule has 0 heterocycles. The highest BCUT2D eigenvalue weighted by atomic mass is 32.2. The summed E-state index contributed by atoms with van der Waals surface area (Å²) >= 11 is 0. The maximum atomic E-state index is 11.9. The highest BCUT2D eigenvalue weighted by molar-refractivity contribution is 7.91. The lowest BCUT2D eigenvalue weighted by Gasteiger charge is -2.18. The SMILES string of the molecule is CCCS(=O)(=O)c1ccc(NC(CCN)COC)cc1. The van der Waals surface area contributed by atoms with Crippen LogP contribution in [0.15, 0.2) is 29.2 Å². The van der Waals surface area contributed by atoms with E-state index in [-0.39, 0.29) is 11.8 Å². The highest BCUT2D eigenvalue weighted by Crippen LogP contribution is 2.17. The molecule has 0 spiro atoms. The topological polar surface area (TPSA) is 81.4 Å². The maximum Gasteiger partial charge on any atom is 0.178 e. The van der Waals surface area contributed by atoms with Gasteiger partial charge in [-0.05, 0) is 43.7 Å². The van der Waals surface area contributed by atoms with E-state index < -0.39 is 9.84 Å². The van der Waals surface area contributed by atoms with Crippen LogP contribution in [0.5, 0.6) is 0 Å². The first kappa shape index (κ1) is 16.9. The number of ether oxygens (including phenoxy) is 1. The van der Waals surface area contributed by atoms with Gasteiger partial charge in [-0.3, -0.25) is 0 Å². The van der Waals surface area contributed by atoms with Crippen molar-refractivity contribution in [3.05, 3.63) is 24.3 Å². The molecule has 0 amide bonds. The van der Waals surface area contributed by atoms with Gasteiger partial charge in [-0.2, -0.15) is 0 Å². The van der Waals surface area contributed by atoms with Crippen molar-refractivity contribution < 1.29 is 13.2 Å². The molecule has 0 saturated heterocycles. The number of anilines is 1. The second kappa shape index (κ2) is 8.24. The van der Waals surface area contributed by atoms with Gasteiger partial charge >= 0.3 is 0 Å². The van der Waals surface area contributed by atoms with Crippen LogP contribution in [-0.2, 0) is 14.6 Å². The third-order valence-electron chi connectivity index (χ3n) is 2.94. The zero-order chi connectivity index (χ0) is 15.0. The fraction of sp³-hybridized carbons (Fsp3) is 0.571. The molecule has 0 saturated carbocycles. The van der Waals surface area contributed by atoms with Crippen molar-refractivity contribution >= 4 is 15.5 Å². The minimum Gasteiger partial charge on any atom is -0.383 e. The fourth-order valence-electron chi connectivity index (χ4n) is 1.98. The van der Waals surface area contributed by atoms with Crippen LogP contribution < -0.4 is 11.1 Å². The van der Waals surface area contributed by atoms with Crippen LogP contribution in [0.3, 0.4) is 0 Å². The van der Waals surface area contributed by atoms with Crippen LogP contribution in [0, 0.1) is 0 Å². The molecule has 0 radical (unpaired) electrons. The van der Waals surface area contributed by atoms with E-state index in [0.717, 1.165) is 12.1 Å². The number of nitrogens with one attached hydrogen (secondary N) is 1. The summed E-state index contributed by atoms with van der Waals surface area (Å²) in [7, 11) is -1.50. The first-order valence-corrected chi connectivity index (χ1v) is 8.47. The second-order valence-electron chi connectivity index (χ2n) is 4.72. The minimum atomic E-state index is -3.15. The number of sulfone groups is 1. The molecule has 5 nitrogen and oxygen atoms in total. The Morgan fingerprint density at radius 3 is 2.45 bits per heavy atom. The lowest BCUT2D eigenvalue weighted by molar-refractivity contribution is 0.183. The van der Waals surface area contributed by atoms with Gasteiger partial charge in [0.2, 0.25) is 0 Å². The Balaban J connectivity index is 2.75. The van der Waals surface area contributed by atoms with E-state index in [1.165, 1.54) is 0 Å². The zero-order valence-electron chi connectivity index (χ0n) is 12.1. The molecule has 1 aromatic carbocycles. The molecule has 0 aliphatic rings. The van der Waals surface area contributed by atoms with Crippen molar-refractivity contribution in [1.82, 2.24) is 0 Å². The molecule has 6 heteroatoms. The number of rotatable bonds is 9. The highest BCUT2D eigenvalue weighted by Gasteiger charge is 2.13. The Morgan fingerprint density at radius 2 is 1.95 bits per heavy atom. The Kier molecular flexibility index (Phi) is 6.98. The standard InChI is InChI=1S/C14H24N2O3S/c1-3-10-20(17,18)14-6-4-12(5-7-14)16-13(8-9-15)11-19-2/h4-7,13,16H,3,8-11,15H2,1-2H3. The molecule has 0 fully saturated rings. The largest absolute Gasteiger partial charge is 0.383 e. The molecular formula is C14H24N2O3S. The van der Waals surface area contributed by atoms with Crippen LogP contribution >= 0.6 is 0 Å². The molecular weight excluding hydrogens is 276 g/mol. The summed E-state index contributed by atoms with van der Waals surface area (Å²) in [5.74, 6) is 0.180. The van der Waals surface area contributed by atoms with Gasteiger partial charge in [-0.1, -0.05) is 6.92 Å². The Morgan fingerprint density at radius 1 is 1.30 bits per heavy atom. The zero-order valence-corrected chi connectivity index (χ0v) is 12.9. The lowest BCUT2D eigenvalue weighted by Crippen LogP contribution is -2.27. The molecule has 1 unspecified atom stereocenters. The summed E-state index contributed by atoms with van der Waals surface area (Å²) in [6.07, 6.45) is 1.42. The van der Waals surface area contributed by atoms with Crippen molar-refractivity contribution in [2.24, 2.45) is 5.73 Å². The molecule has 0 aliphatic heterocycles. The van der Waals surface area contributed by atoms with Crippen LogP contribution in [0.25, 0.3) is 0 Å². The van der Waals surface area contributed by atoms with Crippen molar-refractivity contribution in [3.63, 3.8) is 0 Å². The average Bonchev–Trinajstić information content (AvgIpc) is 2.40. The lowest BCUT2D eigenvalue weighted by atomic mass is 10.2. The predicted molar refractivity (Wildman–Crippen MR) is 81.7 cm³/mol. The third kappa shape index (κ3) is 5.11. The van der Waals surface area contributed by atoms with Gasteiger partial charge in [0.15, 0.2) is 9.84 Å². The molecule has 114 valence electrons. The van der Waals surface area contributed by atoms with E-state index in [2.05, 4.69) is 5.32 Å². The van der Waals surface area contributed by atoms with E-state index in [1.807, 2.05) is 6.92 Å². The Bertz CT molecular complexity index is 480. The molecule has 3 N–H and O–H groups in total. The summed E-state index contributed by atoms with van der Waals surface area (Å²) in [4.78, 5) is 0.368. The first-order valence-electron chi connectivity index (χ1n) is 6.81. The molecule has 20 heavy (non-hydrogen) atoms. The van der Waals surface area contributed by atoms with Gasteiger partial charge in [-0.15, -0.1) is 0 Å². The number of hydrogen-bond acceptors (Lipinski definition) is 5. The summed E-state index contributed by atoms with van der Waals surface area (Å²) in [6.45, 7) is 2.99. The van der Waals surface area contributed by atoms with E-state index in [0.29, 0.717) is 24.5 Å². The van der Waals surface area contributed by atoms with Crippen molar-refractivity contribution in [3.8, 4) is 0 Å². The van der Waals surface area contributed by atoms with Crippen LogP contribution in [0.2, 0.25) is 0 Å². The van der Waals surface area contributed by atoms with Crippen LogP contribution in [-0.4, -0.2) is 40.5 Å². The summed E-state index contributed by atoms with van der Waals surface area (Å²) < 4.78 is 29.0. The first-order chi connectivity index (χ1) is 9.53. The summed E-state index contributed by atoms with van der Waals surface area (Å²) in [5, 5.41) is 3.29. The van der Waals surface area contributed by atoms with Gasteiger partial charge in [0.25, 0.3) is 0 Å². The normalized spacial score (nSPS) is 13.2. The quantitative estimate of drug-likeness (QED) is 0.724. The van der Waals surface area contributed by atoms with Crippen LogP contribution in [0.4, 0.5) is 5.69 Å². The monoisotopic (exact) mass is 300 g/mol. The number of benzene rings is 1. The van der Waals surface area contributed by atoms with Gasteiger partial charge in [0.1, 0.15) is 0 Å². The van der Waals surface area contributed by atoms with Gasteiger partial charge in [0.05, 0.1) is 23.3 Å². The molecule has 0 aromatic heterocycles. The molecule has 0 aliphatic carbocycles. The smallest absolute Gasteiger partial charge is 0.178 e. The van der Waals surface area contributed by atoms with E-state index >= 15 is 0 Å². The van der Waals surface area contributed by atoms with Crippen molar-refractivity contribution in [2.75, 3.05) is 31.3 Å². The third-order valence-corrected chi connectivity index (χ3v) is 4.88. The number of hydrogen-bond donors (Lipinski definition) is 2. The molecule has 1 atom stereocenters. The minimum absolute atomic E-state index is 0.128. The number of nitrogens with two attached hydrogens (primary N) is 1. The Labute approximate surface area is 121 Å².